The van der Waals surface area contributed by atoms with Crippen molar-refractivity contribution in [1.82, 2.24) is 4.57 Å². The topological polar surface area (TPSA) is 93.0 Å². The third kappa shape index (κ3) is 4.65. The minimum absolute atomic E-state index is 0.189. The number of rotatable bonds is 7. The molecule has 0 spiro atoms. The van der Waals surface area contributed by atoms with Gasteiger partial charge < -0.3 is 15.0 Å². The van der Waals surface area contributed by atoms with Crippen LogP contribution in [0.4, 0.5) is 11.4 Å². The summed E-state index contributed by atoms with van der Waals surface area (Å²) >= 11 is 1.18. The highest BCUT2D eigenvalue weighted by Gasteiger charge is 2.37. The van der Waals surface area contributed by atoms with Crippen molar-refractivity contribution >= 4 is 40.1 Å². The number of carbonyl (C=O) groups excluding carboxylic acids is 2. The van der Waals surface area contributed by atoms with Gasteiger partial charge in [-0.15, -0.1) is 0 Å². The van der Waals surface area contributed by atoms with Gasteiger partial charge in [0, 0.05) is 17.8 Å². The number of hydrogen-bond acceptors (Lipinski definition) is 6. The molecular formula is C33H30N4O4S. The molecule has 4 aromatic rings. The molecule has 42 heavy (non-hydrogen) atoms. The molecule has 0 bridgehead atoms. The molecule has 2 aliphatic heterocycles. The van der Waals surface area contributed by atoms with Gasteiger partial charge >= 0.3 is 0 Å². The highest BCUT2D eigenvalue weighted by molar-refractivity contribution is 7.07. The van der Waals surface area contributed by atoms with Crippen LogP contribution in [-0.2, 0) is 9.59 Å². The number of methoxy groups -OCH3 is 1. The lowest BCUT2D eigenvalue weighted by atomic mass is 9.95. The van der Waals surface area contributed by atoms with E-state index in [1.807, 2.05) is 66.7 Å². The standard InChI is InChI=1S/C33H30N4O4S/c1-4-5-18-36-25-17-10-9-16-24(25)27(31(36)39)29-32(40)37-28(21-12-11-15-23(19-21)41-3)26(20(2)34-33(37)42-29)30(38)35-22-13-7-6-8-14-22/h6-17,19,28H,4-5,18H2,1-3H3,(H,35,38)/b29-27+/t28-/m1/s1. The highest BCUT2D eigenvalue weighted by atomic mass is 32.1. The summed E-state index contributed by atoms with van der Waals surface area (Å²) in [7, 11) is 1.57. The van der Waals surface area contributed by atoms with E-state index in [2.05, 4.69) is 12.2 Å². The SMILES string of the molecule is CCCCN1C(=O)/C(=c2/sc3n(c2=O)[C@H](c2cccc(OC)c2)C(C(=O)Nc2ccccc2)=C(C)N=3)c2ccccc21. The second-order valence-corrected chi connectivity index (χ2v) is 11.2. The predicted octanol–water partition coefficient (Wildman–Crippen LogP) is 4.40. The Morgan fingerprint density at radius 3 is 2.55 bits per heavy atom. The number of allylic oxidation sites excluding steroid dienone is 1. The van der Waals surface area contributed by atoms with Crippen molar-refractivity contribution in [3.8, 4) is 5.75 Å². The zero-order chi connectivity index (χ0) is 29.4. The van der Waals surface area contributed by atoms with Crippen molar-refractivity contribution in [1.29, 1.82) is 0 Å². The number of unbranched alkanes of at least 4 members (excludes halogenated alkanes) is 1. The Balaban J connectivity index is 1.57. The lowest BCUT2D eigenvalue weighted by Crippen LogP contribution is -2.41. The Hall–Kier alpha value is -4.76. The summed E-state index contributed by atoms with van der Waals surface area (Å²) in [5, 5.41) is 2.96. The second-order valence-electron chi connectivity index (χ2n) is 10.2. The minimum Gasteiger partial charge on any atom is -0.497 e. The van der Waals surface area contributed by atoms with Crippen molar-refractivity contribution in [2.75, 3.05) is 23.9 Å². The minimum atomic E-state index is -0.780. The maximum atomic E-state index is 14.4. The normalized spacial score (nSPS) is 17.1. The van der Waals surface area contributed by atoms with Crippen LogP contribution in [0.25, 0.3) is 5.57 Å². The lowest BCUT2D eigenvalue weighted by molar-refractivity contribution is -0.114. The number of para-hydroxylation sites is 2. The first-order valence-electron chi connectivity index (χ1n) is 13.9. The van der Waals surface area contributed by atoms with Crippen molar-refractivity contribution in [2.24, 2.45) is 4.99 Å². The molecule has 2 aliphatic rings. The maximum absolute atomic E-state index is 14.4. The summed E-state index contributed by atoms with van der Waals surface area (Å²) in [6.07, 6.45) is 1.79. The Labute approximate surface area is 246 Å². The Morgan fingerprint density at radius 2 is 1.79 bits per heavy atom. The molecule has 6 rings (SSSR count). The number of benzene rings is 3. The van der Waals surface area contributed by atoms with Gasteiger partial charge in [-0.05, 0) is 49.2 Å². The summed E-state index contributed by atoms with van der Waals surface area (Å²) in [4.78, 5) is 49.0. The van der Waals surface area contributed by atoms with E-state index < -0.39 is 6.04 Å². The first-order chi connectivity index (χ1) is 20.4. The fraction of sp³-hybridized carbons (Fsp3) is 0.212. The summed E-state index contributed by atoms with van der Waals surface area (Å²) in [5.41, 5.74) is 3.73. The van der Waals surface area contributed by atoms with Crippen LogP contribution >= 0.6 is 11.3 Å². The van der Waals surface area contributed by atoms with Crippen LogP contribution in [-0.4, -0.2) is 30.0 Å². The quantitative estimate of drug-likeness (QED) is 0.352. The second kappa shape index (κ2) is 11.3. The Kier molecular flexibility index (Phi) is 7.34. The zero-order valence-electron chi connectivity index (χ0n) is 23.6. The van der Waals surface area contributed by atoms with Gasteiger partial charge in [-0.3, -0.25) is 19.0 Å². The lowest BCUT2D eigenvalue weighted by Gasteiger charge is -2.25. The number of fused-ring (bicyclic) bond motifs is 2. The number of carbonyl (C=O) groups is 2. The van der Waals surface area contributed by atoms with Gasteiger partial charge in [-0.25, -0.2) is 4.99 Å². The number of anilines is 2. The number of aromatic nitrogens is 1. The van der Waals surface area contributed by atoms with E-state index in [4.69, 9.17) is 9.73 Å². The van der Waals surface area contributed by atoms with E-state index in [1.54, 1.807) is 35.6 Å². The summed E-state index contributed by atoms with van der Waals surface area (Å²) in [6, 6.07) is 23.3. The van der Waals surface area contributed by atoms with Crippen molar-refractivity contribution in [2.45, 2.75) is 32.7 Å². The molecule has 212 valence electrons. The summed E-state index contributed by atoms with van der Waals surface area (Å²) in [5.74, 6) is 0.0493. The number of hydrogen-bond donors (Lipinski definition) is 1. The van der Waals surface area contributed by atoms with Gasteiger partial charge in [0.15, 0.2) is 4.80 Å². The molecule has 0 saturated carbocycles. The van der Waals surface area contributed by atoms with E-state index in [9.17, 15) is 14.4 Å². The highest BCUT2D eigenvalue weighted by Crippen LogP contribution is 2.36. The fourth-order valence-electron chi connectivity index (χ4n) is 5.55. The molecule has 0 aliphatic carbocycles. The molecule has 1 aromatic heterocycles. The maximum Gasteiger partial charge on any atom is 0.271 e. The first-order valence-corrected chi connectivity index (χ1v) is 14.7. The van der Waals surface area contributed by atoms with Gasteiger partial charge in [0.25, 0.3) is 17.4 Å². The number of nitrogens with one attached hydrogen (secondary N) is 1. The fourth-order valence-corrected chi connectivity index (χ4v) is 6.68. The molecule has 0 fully saturated rings. The molecular weight excluding hydrogens is 548 g/mol. The van der Waals surface area contributed by atoms with Crippen molar-refractivity contribution in [3.63, 3.8) is 0 Å². The number of nitrogens with zero attached hydrogens (tertiary/aromatic N) is 3. The van der Waals surface area contributed by atoms with Crippen LogP contribution in [0.3, 0.4) is 0 Å². The van der Waals surface area contributed by atoms with Gasteiger partial charge in [0.05, 0.1) is 35.7 Å². The van der Waals surface area contributed by atoms with Crippen molar-refractivity contribution < 1.29 is 14.3 Å². The van der Waals surface area contributed by atoms with Crippen LogP contribution in [0.15, 0.2) is 99.9 Å². The smallest absolute Gasteiger partial charge is 0.271 e. The predicted molar refractivity (Wildman–Crippen MR) is 164 cm³/mol. The Morgan fingerprint density at radius 1 is 1.02 bits per heavy atom. The summed E-state index contributed by atoms with van der Waals surface area (Å²) < 4.78 is 7.34. The number of amides is 2. The van der Waals surface area contributed by atoms with Crippen LogP contribution in [0, 0.1) is 0 Å². The van der Waals surface area contributed by atoms with E-state index in [1.165, 1.54) is 11.3 Å². The largest absolute Gasteiger partial charge is 0.497 e. The number of thiazole rings is 1. The molecule has 8 nitrogen and oxygen atoms in total. The monoisotopic (exact) mass is 578 g/mol. The van der Waals surface area contributed by atoms with E-state index in [0.29, 0.717) is 49.7 Å². The molecule has 0 saturated heterocycles. The van der Waals surface area contributed by atoms with Gasteiger partial charge in [-0.2, -0.15) is 0 Å². The third-order valence-corrected chi connectivity index (χ3v) is 8.62. The van der Waals surface area contributed by atoms with Gasteiger partial charge in [0.1, 0.15) is 10.3 Å². The van der Waals surface area contributed by atoms with Gasteiger partial charge in [0.2, 0.25) is 0 Å². The molecule has 1 N–H and O–H groups in total. The van der Waals surface area contributed by atoms with E-state index in [0.717, 1.165) is 24.1 Å². The molecule has 3 aromatic carbocycles. The summed E-state index contributed by atoms with van der Waals surface area (Å²) in [6.45, 7) is 4.43. The molecule has 3 heterocycles. The van der Waals surface area contributed by atoms with Crippen LogP contribution < -0.4 is 29.8 Å². The average Bonchev–Trinajstić information content (AvgIpc) is 3.47. The zero-order valence-corrected chi connectivity index (χ0v) is 24.4. The third-order valence-electron chi connectivity index (χ3n) is 7.57. The number of ether oxygens (including phenoxy) is 1. The molecule has 2 amide bonds. The molecule has 1 atom stereocenters. The van der Waals surface area contributed by atoms with E-state index in [-0.39, 0.29) is 17.4 Å². The first kappa shape index (κ1) is 27.4. The van der Waals surface area contributed by atoms with Crippen molar-refractivity contribution in [3.05, 3.63) is 121 Å². The van der Waals surface area contributed by atoms with Gasteiger partial charge in [-0.1, -0.05) is 73.2 Å². The molecule has 0 radical (unpaired) electrons. The molecule has 9 heteroatoms. The molecule has 0 unspecified atom stereocenters. The average molecular weight is 579 g/mol. The van der Waals surface area contributed by atoms with Crippen LogP contribution in [0.1, 0.15) is 43.9 Å². The van der Waals surface area contributed by atoms with E-state index >= 15 is 0 Å². The van der Waals surface area contributed by atoms with Crippen LogP contribution in [0.2, 0.25) is 0 Å². The Bertz CT molecular complexity index is 1920. The van der Waals surface area contributed by atoms with Crippen LogP contribution in [0.5, 0.6) is 5.75 Å².